The van der Waals surface area contributed by atoms with E-state index in [2.05, 4.69) is 25.4 Å². The van der Waals surface area contributed by atoms with Crippen LogP contribution in [0, 0.1) is 0 Å². The van der Waals surface area contributed by atoms with E-state index in [-0.39, 0.29) is 5.65 Å². The lowest BCUT2D eigenvalue weighted by atomic mass is 10.3. The van der Waals surface area contributed by atoms with Crippen molar-refractivity contribution in [2.75, 3.05) is 0 Å². The van der Waals surface area contributed by atoms with Crippen LogP contribution in [0.2, 0.25) is 0 Å². The number of fused-ring (bicyclic) bond motifs is 1. The standard InChI is InChI=1S/C7H3F6N5O/c8-6(9,10)5(7(11,12)13)19-4-2-1-3-14-16-17-18(3)15-4/h1-2,5H. The number of ether oxygens (including phenoxy) is 1. The van der Waals surface area contributed by atoms with Crippen molar-refractivity contribution in [2.45, 2.75) is 18.5 Å². The van der Waals surface area contributed by atoms with Crippen LogP contribution in [-0.2, 0) is 0 Å². The minimum absolute atomic E-state index is 0.0444. The molecule has 12 heteroatoms. The normalized spacial score (nSPS) is 13.2. The maximum atomic E-state index is 12.2. The monoisotopic (exact) mass is 287 g/mol. The lowest BCUT2D eigenvalue weighted by Gasteiger charge is -2.22. The Labute approximate surface area is 99.5 Å². The van der Waals surface area contributed by atoms with Gasteiger partial charge in [-0.2, -0.15) is 26.3 Å². The molecule has 0 unspecified atom stereocenters. The summed E-state index contributed by atoms with van der Waals surface area (Å²) in [6.45, 7) is 0. The largest absolute Gasteiger partial charge is 0.454 e. The number of hydrogen-bond acceptors (Lipinski definition) is 5. The molecule has 19 heavy (non-hydrogen) atoms. The van der Waals surface area contributed by atoms with Gasteiger partial charge in [-0.05, 0) is 16.5 Å². The average molecular weight is 287 g/mol. The van der Waals surface area contributed by atoms with Gasteiger partial charge in [-0.3, -0.25) is 0 Å². The summed E-state index contributed by atoms with van der Waals surface area (Å²) >= 11 is 0. The Balaban J connectivity index is 2.30. The summed E-state index contributed by atoms with van der Waals surface area (Å²) in [6, 6.07) is 1.86. The zero-order valence-corrected chi connectivity index (χ0v) is 8.64. The van der Waals surface area contributed by atoms with Gasteiger partial charge >= 0.3 is 12.4 Å². The fraction of sp³-hybridized carbons (Fsp3) is 0.429. The molecule has 0 bridgehead atoms. The Kier molecular flexibility index (Phi) is 2.94. The molecule has 0 atom stereocenters. The second kappa shape index (κ2) is 4.20. The number of halogens is 6. The highest BCUT2D eigenvalue weighted by molar-refractivity contribution is 5.34. The van der Waals surface area contributed by atoms with Crippen LogP contribution in [0.4, 0.5) is 26.3 Å². The lowest BCUT2D eigenvalue weighted by molar-refractivity contribution is -0.300. The average Bonchev–Trinajstić information content (AvgIpc) is 2.69. The molecule has 0 fully saturated rings. The van der Waals surface area contributed by atoms with E-state index in [9.17, 15) is 26.3 Å². The fourth-order valence-electron chi connectivity index (χ4n) is 1.14. The summed E-state index contributed by atoms with van der Waals surface area (Å²) in [4.78, 5) is 0. The van der Waals surface area contributed by atoms with Crippen molar-refractivity contribution in [3.8, 4) is 5.88 Å². The van der Waals surface area contributed by atoms with Gasteiger partial charge < -0.3 is 4.74 Å². The van der Waals surface area contributed by atoms with Crippen LogP contribution in [0.15, 0.2) is 12.1 Å². The third-order valence-electron chi connectivity index (χ3n) is 1.88. The van der Waals surface area contributed by atoms with Crippen LogP contribution in [0.1, 0.15) is 0 Å². The SMILES string of the molecule is FC(F)(F)C(Oc1ccc2nnnn2n1)C(F)(F)F. The van der Waals surface area contributed by atoms with Crippen molar-refractivity contribution in [3.63, 3.8) is 0 Å². The molecule has 2 aromatic rings. The topological polar surface area (TPSA) is 65.2 Å². The highest BCUT2D eigenvalue weighted by Gasteiger charge is 2.59. The second-order valence-corrected chi connectivity index (χ2v) is 3.28. The van der Waals surface area contributed by atoms with Gasteiger partial charge in [0.2, 0.25) is 5.88 Å². The molecule has 0 spiro atoms. The molecule has 2 rings (SSSR count). The summed E-state index contributed by atoms with van der Waals surface area (Å²) < 4.78 is 77.9. The van der Waals surface area contributed by atoms with E-state index < -0.39 is 24.3 Å². The maximum absolute atomic E-state index is 12.2. The molecule has 2 aromatic heterocycles. The zero-order valence-electron chi connectivity index (χ0n) is 8.64. The van der Waals surface area contributed by atoms with Crippen LogP contribution in [0.3, 0.4) is 0 Å². The number of nitrogens with zero attached hydrogens (tertiary/aromatic N) is 5. The van der Waals surface area contributed by atoms with Crippen LogP contribution < -0.4 is 4.74 Å². The predicted octanol–water partition coefficient (Wildman–Crippen LogP) is 1.39. The highest BCUT2D eigenvalue weighted by atomic mass is 19.4. The first-order chi connectivity index (χ1) is 8.68. The van der Waals surface area contributed by atoms with Crippen LogP contribution >= 0.6 is 0 Å². The van der Waals surface area contributed by atoms with Crippen molar-refractivity contribution in [1.82, 2.24) is 25.3 Å². The van der Waals surface area contributed by atoms with Gasteiger partial charge in [0, 0.05) is 6.07 Å². The molecule has 0 aliphatic carbocycles. The van der Waals surface area contributed by atoms with E-state index >= 15 is 0 Å². The van der Waals surface area contributed by atoms with Gasteiger partial charge in [0.05, 0.1) is 0 Å². The molecule has 104 valence electrons. The molecular formula is C7H3F6N5O. The second-order valence-electron chi connectivity index (χ2n) is 3.28. The Morgan fingerprint density at radius 1 is 1.05 bits per heavy atom. The van der Waals surface area contributed by atoms with Crippen molar-refractivity contribution in [2.24, 2.45) is 0 Å². The van der Waals surface area contributed by atoms with Gasteiger partial charge in [-0.25, -0.2) is 0 Å². The van der Waals surface area contributed by atoms with Crippen molar-refractivity contribution < 1.29 is 31.1 Å². The van der Waals surface area contributed by atoms with Gasteiger partial charge in [-0.1, -0.05) is 0 Å². The molecule has 0 aromatic carbocycles. The third-order valence-corrected chi connectivity index (χ3v) is 1.88. The van der Waals surface area contributed by atoms with E-state index in [1.807, 2.05) is 0 Å². The Morgan fingerprint density at radius 3 is 2.26 bits per heavy atom. The molecule has 0 aliphatic rings. The summed E-state index contributed by atoms with van der Waals surface area (Å²) in [5, 5.41) is 13.0. The van der Waals surface area contributed by atoms with E-state index in [1.165, 1.54) is 0 Å². The van der Waals surface area contributed by atoms with Crippen LogP contribution in [0.25, 0.3) is 5.65 Å². The van der Waals surface area contributed by atoms with E-state index in [0.29, 0.717) is 4.63 Å². The fourth-order valence-corrected chi connectivity index (χ4v) is 1.14. The van der Waals surface area contributed by atoms with Gasteiger partial charge in [-0.15, -0.1) is 14.8 Å². The quantitative estimate of drug-likeness (QED) is 0.781. The number of alkyl halides is 6. The Hall–Kier alpha value is -2.14. The molecule has 0 aliphatic heterocycles. The first-order valence-corrected chi connectivity index (χ1v) is 4.53. The summed E-state index contributed by atoms with van der Waals surface area (Å²) in [5.41, 5.74) is 0.0444. The first kappa shape index (κ1) is 13.3. The van der Waals surface area contributed by atoms with Gasteiger partial charge in [0.25, 0.3) is 6.10 Å². The van der Waals surface area contributed by atoms with E-state index in [4.69, 9.17) is 0 Å². The minimum atomic E-state index is -5.62. The molecule has 0 saturated heterocycles. The molecule has 6 nitrogen and oxygen atoms in total. The van der Waals surface area contributed by atoms with Crippen LogP contribution in [0.5, 0.6) is 5.88 Å². The molecule has 0 amide bonds. The Morgan fingerprint density at radius 2 is 1.68 bits per heavy atom. The number of tetrazole rings is 1. The minimum Gasteiger partial charge on any atom is -0.454 e. The smallest absolute Gasteiger partial charge is 0.434 e. The third kappa shape index (κ3) is 2.82. The number of aromatic nitrogens is 5. The van der Waals surface area contributed by atoms with E-state index in [1.54, 1.807) is 0 Å². The Bertz CT molecular complexity index is 563. The van der Waals surface area contributed by atoms with E-state index in [0.717, 1.165) is 12.1 Å². The highest BCUT2D eigenvalue weighted by Crippen LogP contribution is 2.35. The summed E-state index contributed by atoms with van der Waals surface area (Å²) in [5.74, 6) is -0.903. The molecule has 0 saturated carbocycles. The molecule has 2 heterocycles. The van der Waals surface area contributed by atoms with Crippen LogP contribution in [-0.4, -0.2) is 43.7 Å². The number of hydrogen-bond donors (Lipinski definition) is 0. The summed E-state index contributed by atoms with van der Waals surface area (Å²) in [6.07, 6.45) is -15.2. The predicted molar refractivity (Wildman–Crippen MR) is 45.1 cm³/mol. The molecular weight excluding hydrogens is 284 g/mol. The van der Waals surface area contributed by atoms with Crippen molar-refractivity contribution >= 4 is 5.65 Å². The lowest BCUT2D eigenvalue weighted by Crippen LogP contribution is -2.46. The maximum Gasteiger partial charge on any atom is 0.434 e. The summed E-state index contributed by atoms with van der Waals surface area (Å²) in [7, 11) is 0. The van der Waals surface area contributed by atoms with Crippen molar-refractivity contribution in [3.05, 3.63) is 12.1 Å². The zero-order chi connectivity index (χ0) is 14.3. The first-order valence-electron chi connectivity index (χ1n) is 4.53. The van der Waals surface area contributed by atoms with Crippen molar-refractivity contribution in [1.29, 1.82) is 0 Å². The molecule has 0 N–H and O–H groups in total. The van der Waals surface area contributed by atoms with Gasteiger partial charge in [0.15, 0.2) is 5.65 Å². The molecule has 0 radical (unpaired) electrons. The number of rotatable bonds is 2. The van der Waals surface area contributed by atoms with Gasteiger partial charge in [0.1, 0.15) is 0 Å².